The smallest absolute Gasteiger partial charge is 0.329 e. The van der Waals surface area contributed by atoms with Gasteiger partial charge in [-0.2, -0.15) is 0 Å². The molecule has 4 nitrogen and oxygen atoms in total. The number of likely N-dealkylation sites (tertiary alicyclic amines) is 1. The molecule has 3 rings (SSSR count). The molecule has 1 aliphatic rings. The van der Waals surface area contributed by atoms with E-state index < -0.39 is 5.97 Å². The van der Waals surface area contributed by atoms with Gasteiger partial charge in [0.05, 0.1) is 6.10 Å². The monoisotopic (exact) mass is 305 g/mol. The lowest BCUT2D eigenvalue weighted by Gasteiger charge is -2.31. The van der Waals surface area contributed by atoms with Crippen molar-refractivity contribution in [2.75, 3.05) is 19.7 Å². The van der Waals surface area contributed by atoms with Crippen molar-refractivity contribution < 1.29 is 14.6 Å². The molecule has 0 bridgehead atoms. The molecular formula is C16H19NO3S. The minimum atomic E-state index is -0.887. The van der Waals surface area contributed by atoms with Crippen LogP contribution in [0.25, 0.3) is 10.1 Å². The molecular weight excluding hydrogens is 286 g/mol. The third-order valence-electron chi connectivity index (χ3n) is 3.93. The zero-order valence-electron chi connectivity index (χ0n) is 11.8. The van der Waals surface area contributed by atoms with Crippen LogP contribution in [0.4, 0.5) is 0 Å². The fourth-order valence-electron chi connectivity index (χ4n) is 2.82. The van der Waals surface area contributed by atoms with Crippen molar-refractivity contribution in [3.63, 3.8) is 0 Å². The summed E-state index contributed by atoms with van der Waals surface area (Å²) >= 11 is 1.80. The second kappa shape index (κ2) is 6.56. The molecule has 0 aliphatic carbocycles. The second-order valence-electron chi connectivity index (χ2n) is 5.44. The first kappa shape index (κ1) is 14.5. The average Bonchev–Trinajstić information content (AvgIpc) is 2.90. The number of carbonyl (C=O) groups is 1. The quantitative estimate of drug-likeness (QED) is 0.922. The Kier molecular flexibility index (Phi) is 4.53. The van der Waals surface area contributed by atoms with Crippen molar-refractivity contribution in [1.29, 1.82) is 0 Å². The minimum Gasteiger partial charge on any atom is -0.480 e. The Balaban J connectivity index is 1.54. The molecule has 0 saturated carbocycles. The van der Waals surface area contributed by atoms with Crippen molar-refractivity contribution in [1.82, 2.24) is 4.90 Å². The van der Waals surface area contributed by atoms with E-state index in [2.05, 4.69) is 34.5 Å². The van der Waals surface area contributed by atoms with Gasteiger partial charge in [-0.25, -0.2) is 4.79 Å². The Hall–Kier alpha value is -1.43. The molecule has 112 valence electrons. The highest BCUT2D eigenvalue weighted by Crippen LogP contribution is 2.27. The van der Waals surface area contributed by atoms with Crippen LogP contribution in [-0.2, 0) is 16.1 Å². The molecule has 1 N–H and O–H groups in total. The predicted octanol–water partition coefficient (Wildman–Crippen LogP) is 2.97. The van der Waals surface area contributed by atoms with Crippen molar-refractivity contribution >= 4 is 27.4 Å². The molecule has 2 heterocycles. The number of carboxylic acids is 1. The Morgan fingerprint density at radius 2 is 2.10 bits per heavy atom. The average molecular weight is 305 g/mol. The highest BCUT2D eigenvalue weighted by atomic mass is 32.1. The van der Waals surface area contributed by atoms with Crippen LogP contribution in [0, 0.1) is 0 Å². The Bertz CT molecular complexity index is 617. The maximum atomic E-state index is 10.5. The van der Waals surface area contributed by atoms with Crippen molar-refractivity contribution in [3.05, 3.63) is 35.2 Å². The third kappa shape index (κ3) is 3.61. The van der Waals surface area contributed by atoms with E-state index in [9.17, 15) is 4.79 Å². The molecule has 1 fully saturated rings. The second-order valence-corrected chi connectivity index (χ2v) is 6.35. The number of thiophene rings is 1. The van der Waals surface area contributed by atoms with Gasteiger partial charge in [-0.1, -0.05) is 18.2 Å². The summed E-state index contributed by atoms with van der Waals surface area (Å²) in [7, 11) is 0. The van der Waals surface area contributed by atoms with E-state index in [-0.39, 0.29) is 12.7 Å². The zero-order chi connectivity index (χ0) is 14.7. The molecule has 0 atom stereocenters. The Morgan fingerprint density at radius 3 is 2.86 bits per heavy atom. The zero-order valence-corrected chi connectivity index (χ0v) is 12.6. The standard InChI is InChI=1S/C16H19NO3S/c18-16(19)10-20-13-5-7-17(8-6-13)9-12-11-21-15-4-2-1-3-14(12)15/h1-4,11,13H,5-10H2,(H,18,19). The maximum absolute atomic E-state index is 10.5. The van der Waals surface area contributed by atoms with Gasteiger partial charge >= 0.3 is 5.97 Å². The van der Waals surface area contributed by atoms with Crippen molar-refractivity contribution in [3.8, 4) is 0 Å². The number of rotatable bonds is 5. The van der Waals surface area contributed by atoms with E-state index in [0.717, 1.165) is 32.5 Å². The molecule has 5 heteroatoms. The number of hydrogen-bond donors (Lipinski definition) is 1. The SMILES string of the molecule is O=C(O)COC1CCN(Cc2csc3ccccc23)CC1. The predicted molar refractivity (Wildman–Crippen MR) is 83.7 cm³/mol. The lowest BCUT2D eigenvalue weighted by molar-refractivity contribution is -0.145. The molecule has 0 amide bonds. The van der Waals surface area contributed by atoms with E-state index >= 15 is 0 Å². The van der Waals surface area contributed by atoms with Gasteiger partial charge in [-0.3, -0.25) is 4.90 Å². The summed E-state index contributed by atoms with van der Waals surface area (Å²) in [6.07, 6.45) is 1.92. The summed E-state index contributed by atoms with van der Waals surface area (Å²) in [5.74, 6) is -0.887. The number of nitrogens with zero attached hydrogens (tertiary/aromatic N) is 1. The summed E-state index contributed by atoms with van der Waals surface area (Å²) in [5.41, 5.74) is 1.39. The van der Waals surface area contributed by atoms with Crippen molar-refractivity contribution in [2.24, 2.45) is 0 Å². The first-order valence-electron chi connectivity index (χ1n) is 7.23. The summed E-state index contributed by atoms with van der Waals surface area (Å²) in [4.78, 5) is 12.9. The number of benzene rings is 1. The van der Waals surface area contributed by atoms with E-state index in [0.29, 0.717) is 0 Å². The van der Waals surface area contributed by atoms with E-state index in [1.165, 1.54) is 15.6 Å². The number of aliphatic carboxylic acids is 1. The van der Waals surface area contributed by atoms with Gasteiger partial charge in [-0.05, 0) is 35.2 Å². The lowest BCUT2D eigenvalue weighted by Crippen LogP contribution is -2.37. The topological polar surface area (TPSA) is 49.8 Å². The molecule has 1 aliphatic heterocycles. The fraction of sp³-hybridized carbons (Fsp3) is 0.438. The normalized spacial score (nSPS) is 17.3. The fourth-order valence-corrected chi connectivity index (χ4v) is 3.77. The van der Waals surface area contributed by atoms with E-state index in [1.807, 2.05) is 0 Å². The Labute approximate surface area is 127 Å². The number of piperidine rings is 1. The third-order valence-corrected chi connectivity index (χ3v) is 4.94. The van der Waals surface area contributed by atoms with Gasteiger partial charge in [0.1, 0.15) is 6.61 Å². The van der Waals surface area contributed by atoms with Gasteiger partial charge in [0.15, 0.2) is 0 Å². The molecule has 1 aromatic carbocycles. The first-order chi connectivity index (χ1) is 10.2. The lowest BCUT2D eigenvalue weighted by atomic mass is 10.1. The summed E-state index contributed by atoms with van der Waals surface area (Å²) in [6, 6.07) is 8.51. The van der Waals surface area contributed by atoms with Gasteiger partial charge in [0.25, 0.3) is 0 Å². The van der Waals surface area contributed by atoms with Crippen LogP contribution in [0.1, 0.15) is 18.4 Å². The van der Waals surface area contributed by atoms with Gasteiger partial charge in [0, 0.05) is 24.3 Å². The molecule has 0 unspecified atom stereocenters. The number of hydrogen-bond acceptors (Lipinski definition) is 4. The molecule has 0 spiro atoms. The molecule has 0 radical (unpaired) electrons. The van der Waals surface area contributed by atoms with E-state index in [1.54, 1.807) is 11.3 Å². The molecule has 1 aromatic heterocycles. The van der Waals surface area contributed by atoms with Crippen LogP contribution in [0.15, 0.2) is 29.6 Å². The van der Waals surface area contributed by atoms with Crippen LogP contribution in [0.5, 0.6) is 0 Å². The van der Waals surface area contributed by atoms with Gasteiger partial charge in [-0.15, -0.1) is 11.3 Å². The molecule has 21 heavy (non-hydrogen) atoms. The minimum absolute atomic E-state index is 0.0940. The van der Waals surface area contributed by atoms with Crippen LogP contribution in [-0.4, -0.2) is 41.8 Å². The number of carboxylic acid groups (broad SMARTS) is 1. The summed E-state index contributed by atoms with van der Waals surface area (Å²) in [6.45, 7) is 2.72. The van der Waals surface area contributed by atoms with E-state index in [4.69, 9.17) is 9.84 Å². The van der Waals surface area contributed by atoms with Crippen molar-refractivity contribution in [2.45, 2.75) is 25.5 Å². The number of ether oxygens (including phenoxy) is 1. The van der Waals surface area contributed by atoms with Crippen LogP contribution >= 0.6 is 11.3 Å². The summed E-state index contributed by atoms with van der Waals surface area (Å²) in [5, 5.41) is 12.2. The highest BCUT2D eigenvalue weighted by Gasteiger charge is 2.21. The Morgan fingerprint density at radius 1 is 1.33 bits per heavy atom. The largest absolute Gasteiger partial charge is 0.480 e. The first-order valence-corrected chi connectivity index (χ1v) is 8.11. The van der Waals surface area contributed by atoms with Gasteiger partial charge in [0.2, 0.25) is 0 Å². The van der Waals surface area contributed by atoms with Crippen LogP contribution in [0.3, 0.4) is 0 Å². The molecule has 1 saturated heterocycles. The van der Waals surface area contributed by atoms with Crippen LogP contribution < -0.4 is 0 Å². The molecule has 2 aromatic rings. The number of fused-ring (bicyclic) bond motifs is 1. The maximum Gasteiger partial charge on any atom is 0.329 e. The van der Waals surface area contributed by atoms with Crippen LogP contribution in [0.2, 0.25) is 0 Å². The highest BCUT2D eigenvalue weighted by molar-refractivity contribution is 7.17. The van der Waals surface area contributed by atoms with Gasteiger partial charge < -0.3 is 9.84 Å². The summed E-state index contributed by atoms with van der Waals surface area (Å²) < 4.78 is 6.71.